The topological polar surface area (TPSA) is 67.9 Å². The van der Waals surface area contributed by atoms with E-state index in [9.17, 15) is 9.59 Å². The van der Waals surface area contributed by atoms with Gasteiger partial charge in [0.2, 0.25) is 5.91 Å². The highest BCUT2D eigenvalue weighted by atomic mass is 16.5. The van der Waals surface area contributed by atoms with Crippen molar-refractivity contribution in [3.05, 3.63) is 59.2 Å². The number of aryl methyl sites for hydroxylation is 2. The molecule has 0 saturated carbocycles. The molecular weight excluding hydrogens is 392 g/mol. The molecule has 0 spiro atoms. The minimum Gasteiger partial charge on any atom is -0.494 e. The molecule has 1 fully saturated rings. The Bertz CT molecular complexity index is 887. The number of benzene rings is 2. The van der Waals surface area contributed by atoms with Gasteiger partial charge < -0.3 is 19.7 Å². The van der Waals surface area contributed by atoms with Gasteiger partial charge in [-0.05, 0) is 62.9 Å². The number of piperidine rings is 1. The van der Waals surface area contributed by atoms with E-state index in [-0.39, 0.29) is 24.5 Å². The number of hydrogen-bond donors (Lipinski definition) is 1. The van der Waals surface area contributed by atoms with Crippen molar-refractivity contribution in [1.29, 1.82) is 0 Å². The number of ether oxygens (including phenoxy) is 2. The van der Waals surface area contributed by atoms with Crippen molar-refractivity contribution in [1.82, 2.24) is 10.2 Å². The highest BCUT2D eigenvalue weighted by molar-refractivity contribution is 5.79. The van der Waals surface area contributed by atoms with Gasteiger partial charge >= 0.3 is 0 Å². The lowest BCUT2D eigenvalue weighted by molar-refractivity contribution is -0.134. The second-order valence-electron chi connectivity index (χ2n) is 8.03. The molecule has 1 aliphatic rings. The van der Waals surface area contributed by atoms with Crippen LogP contribution in [0.3, 0.4) is 0 Å². The van der Waals surface area contributed by atoms with Gasteiger partial charge in [0.1, 0.15) is 11.5 Å². The van der Waals surface area contributed by atoms with Crippen LogP contribution in [0.5, 0.6) is 11.5 Å². The van der Waals surface area contributed by atoms with E-state index in [4.69, 9.17) is 9.47 Å². The molecule has 166 valence electrons. The van der Waals surface area contributed by atoms with E-state index in [1.807, 2.05) is 68.1 Å². The molecule has 1 aliphatic heterocycles. The quantitative estimate of drug-likeness (QED) is 0.705. The number of nitrogens with one attached hydrogen (secondary N) is 1. The Hall–Kier alpha value is -3.02. The number of hydrogen-bond acceptors (Lipinski definition) is 4. The van der Waals surface area contributed by atoms with Gasteiger partial charge in [0, 0.05) is 19.1 Å². The van der Waals surface area contributed by atoms with Crippen molar-refractivity contribution < 1.29 is 19.1 Å². The fraction of sp³-hybridized carbons (Fsp3) is 0.440. The summed E-state index contributed by atoms with van der Waals surface area (Å²) in [6.45, 7) is 7.87. The van der Waals surface area contributed by atoms with Crippen LogP contribution in [0.25, 0.3) is 0 Å². The molecule has 2 aromatic rings. The molecule has 0 radical (unpaired) electrons. The molecule has 0 atom stereocenters. The first-order chi connectivity index (χ1) is 14.9. The summed E-state index contributed by atoms with van der Waals surface area (Å²) in [4.78, 5) is 26.7. The SMILES string of the molecule is CCOc1ccc(CC(=O)NC2CCN(C(=O)COc3ccc(C)cc3C)CC2)cc1. The minimum absolute atomic E-state index is 0.00659. The largest absolute Gasteiger partial charge is 0.494 e. The third kappa shape index (κ3) is 6.74. The second-order valence-corrected chi connectivity index (χ2v) is 8.03. The van der Waals surface area contributed by atoms with Gasteiger partial charge in [-0.15, -0.1) is 0 Å². The Kier molecular flexibility index (Phi) is 7.93. The average Bonchev–Trinajstić information content (AvgIpc) is 2.75. The molecule has 6 heteroatoms. The highest BCUT2D eigenvalue weighted by Gasteiger charge is 2.24. The van der Waals surface area contributed by atoms with Crippen LogP contribution in [-0.4, -0.2) is 49.1 Å². The third-order valence-electron chi connectivity index (χ3n) is 5.49. The molecule has 1 heterocycles. The van der Waals surface area contributed by atoms with Gasteiger partial charge in [-0.2, -0.15) is 0 Å². The van der Waals surface area contributed by atoms with Crippen LogP contribution in [0.2, 0.25) is 0 Å². The second kappa shape index (κ2) is 10.8. The molecule has 0 unspecified atom stereocenters. The molecule has 1 N–H and O–H groups in total. The third-order valence-corrected chi connectivity index (χ3v) is 5.49. The van der Waals surface area contributed by atoms with Crippen molar-refractivity contribution in [2.45, 2.75) is 46.1 Å². The molecule has 0 bridgehead atoms. The number of likely N-dealkylation sites (tertiary alicyclic amines) is 1. The normalized spacial score (nSPS) is 14.2. The lowest BCUT2D eigenvalue weighted by atomic mass is 10.0. The molecule has 1 saturated heterocycles. The average molecular weight is 425 g/mol. The molecule has 6 nitrogen and oxygen atoms in total. The summed E-state index contributed by atoms with van der Waals surface area (Å²) in [6.07, 6.45) is 1.85. The first-order valence-electron chi connectivity index (χ1n) is 10.9. The maximum absolute atomic E-state index is 12.5. The van der Waals surface area contributed by atoms with E-state index in [2.05, 4.69) is 5.32 Å². The molecule has 0 aromatic heterocycles. The molecule has 31 heavy (non-hydrogen) atoms. The number of rotatable bonds is 8. The number of nitrogens with zero attached hydrogens (tertiary/aromatic N) is 1. The van der Waals surface area contributed by atoms with Crippen molar-refractivity contribution >= 4 is 11.8 Å². The summed E-state index contributed by atoms with van der Waals surface area (Å²) in [5.74, 6) is 1.55. The van der Waals surface area contributed by atoms with Crippen molar-refractivity contribution in [2.24, 2.45) is 0 Å². The standard InChI is InChI=1S/C25H32N2O4/c1-4-30-22-8-6-20(7-9-22)16-24(28)26-21-11-13-27(14-12-21)25(29)17-31-23-10-5-18(2)15-19(23)3/h5-10,15,21H,4,11-14,16-17H2,1-3H3,(H,26,28). The fourth-order valence-electron chi connectivity index (χ4n) is 3.80. The Morgan fingerprint density at radius 3 is 2.39 bits per heavy atom. The maximum atomic E-state index is 12.5. The van der Waals surface area contributed by atoms with Crippen molar-refractivity contribution in [3.63, 3.8) is 0 Å². The van der Waals surface area contributed by atoms with Crippen LogP contribution in [0.4, 0.5) is 0 Å². The molecule has 0 aliphatic carbocycles. The van der Waals surface area contributed by atoms with Crippen molar-refractivity contribution in [2.75, 3.05) is 26.3 Å². The summed E-state index contributed by atoms with van der Waals surface area (Å²) in [7, 11) is 0. The monoisotopic (exact) mass is 424 g/mol. The van der Waals surface area contributed by atoms with Crippen LogP contribution in [0.15, 0.2) is 42.5 Å². The minimum atomic E-state index is -0.0147. The van der Waals surface area contributed by atoms with Gasteiger partial charge in [-0.1, -0.05) is 29.8 Å². The van der Waals surface area contributed by atoms with E-state index >= 15 is 0 Å². The van der Waals surface area contributed by atoms with E-state index in [0.29, 0.717) is 26.1 Å². The molecular formula is C25H32N2O4. The zero-order valence-corrected chi connectivity index (χ0v) is 18.6. The lowest BCUT2D eigenvalue weighted by Crippen LogP contribution is -2.48. The van der Waals surface area contributed by atoms with Gasteiger partial charge in [0.05, 0.1) is 13.0 Å². The summed E-state index contributed by atoms with van der Waals surface area (Å²) < 4.78 is 11.1. The van der Waals surface area contributed by atoms with E-state index in [0.717, 1.165) is 35.5 Å². The Balaban J connectivity index is 1.39. The highest BCUT2D eigenvalue weighted by Crippen LogP contribution is 2.19. The predicted molar refractivity (Wildman–Crippen MR) is 120 cm³/mol. The van der Waals surface area contributed by atoms with Gasteiger partial charge in [-0.25, -0.2) is 0 Å². The van der Waals surface area contributed by atoms with Crippen LogP contribution >= 0.6 is 0 Å². The lowest BCUT2D eigenvalue weighted by Gasteiger charge is -2.32. The van der Waals surface area contributed by atoms with Crippen molar-refractivity contribution in [3.8, 4) is 11.5 Å². The van der Waals surface area contributed by atoms with Crippen LogP contribution < -0.4 is 14.8 Å². The predicted octanol–water partition coefficient (Wildman–Crippen LogP) is 3.43. The van der Waals surface area contributed by atoms with E-state index in [1.54, 1.807) is 0 Å². The smallest absolute Gasteiger partial charge is 0.260 e. The van der Waals surface area contributed by atoms with Gasteiger partial charge in [-0.3, -0.25) is 9.59 Å². The fourth-order valence-corrected chi connectivity index (χ4v) is 3.80. The van der Waals surface area contributed by atoms with E-state index < -0.39 is 0 Å². The van der Waals surface area contributed by atoms with Crippen LogP contribution in [-0.2, 0) is 16.0 Å². The van der Waals surface area contributed by atoms with Gasteiger partial charge in [0.15, 0.2) is 6.61 Å². The van der Waals surface area contributed by atoms with Crippen LogP contribution in [0, 0.1) is 13.8 Å². The molecule has 2 amide bonds. The van der Waals surface area contributed by atoms with Gasteiger partial charge in [0.25, 0.3) is 5.91 Å². The Morgan fingerprint density at radius 1 is 1.03 bits per heavy atom. The van der Waals surface area contributed by atoms with Crippen LogP contribution in [0.1, 0.15) is 36.5 Å². The van der Waals surface area contributed by atoms with E-state index in [1.165, 1.54) is 5.56 Å². The number of carbonyl (C=O) groups is 2. The first kappa shape index (κ1) is 22.7. The molecule has 2 aromatic carbocycles. The Labute approximate surface area is 184 Å². The first-order valence-corrected chi connectivity index (χ1v) is 10.9. The molecule has 3 rings (SSSR count). The summed E-state index contributed by atoms with van der Waals surface area (Å²) >= 11 is 0. The zero-order chi connectivity index (χ0) is 22.2. The maximum Gasteiger partial charge on any atom is 0.260 e. The zero-order valence-electron chi connectivity index (χ0n) is 18.6. The number of amides is 2. The summed E-state index contributed by atoms with van der Waals surface area (Å²) in [6, 6.07) is 13.6. The summed E-state index contributed by atoms with van der Waals surface area (Å²) in [5, 5.41) is 3.10. The Morgan fingerprint density at radius 2 is 1.74 bits per heavy atom. The summed E-state index contributed by atoms with van der Waals surface area (Å²) in [5.41, 5.74) is 3.15. The number of carbonyl (C=O) groups excluding carboxylic acids is 2.